The van der Waals surface area contributed by atoms with E-state index >= 15 is 0 Å². The van der Waals surface area contributed by atoms with Crippen LogP contribution in [0, 0.1) is 11.3 Å². The molecule has 0 aliphatic carbocycles. The number of piperazine rings is 1. The molecule has 0 aromatic heterocycles. The molecule has 1 saturated heterocycles. The average molecular weight is 316 g/mol. The molecular formula is C15H23Cl2N3. The van der Waals surface area contributed by atoms with Crippen molar-refractivity contribution in [3.05, 3.63) is 35.4 Å². The predicted molar refractivity (Wildman–Crippen MR) is 87.7 cm³/mol. The molecule has 1 aliphatic heterocycles. The Hall–Kier alpha value is -0.790. The van der Waals surface area contributed by atoms with Crippen LogP contribution in [0.15, 0.2) is 24.3 Å². The van der Waals surface area contributed by atoms with E-state index in [2.05, 4.69) is 29.3 Å². The summed E-state index contributed by atoms with van der Waals surface area (Å²) in [5.41, 5.74) is 2.03. The zero-order valence-electron chi connectivity index (χ0n) is 11.8. The second-order valence-electron chi connectivity index (χ2n) is 4.79. The Kier molecular flexibility index (Phi) is 9.62. The maximum absolute atomic E-state index is 9.25. The lowest BCUT2D eigenvalue weighted by molar-refractivity contribution is 0.164. The molecule has 0 unspecified atom stereocenters. The Morgan fingerprint density at radius 3 is 2.50 bits per heavy atom. The van der Waals surface area contributed by atoms with E-state index in [1.54, 1.807) is 0 Å². The summed E-state index contributed by atoms with van der Waals surface area (Å²) in [5.74, 6) is 0. The summed E-state index contributed by atoms with van der Waals surface area (Å²) in [5, 5.41) is 12.6. The summed E-state index contributed by atoms with van der Waals surface area (Å²) < 4.78 is 0. The summed E-state index contributed by atoms with van der Waals surface area (Å²) in [7, 11) is 0. The third-order valence-corrected chi connectivity index (χ3v) is 3.59. The van der Waals surface area contributed by atoms with Gasteiger partial charge < -0.3 is 5.32 Å². The van der Waals surface area contributed by atoms with Gasteiger partial charge in [0.15, 0.2) is 0 Å². The van der Waals surface area contributed by atoms with Crippen molar-refractivity contribution in [3.63, 3.8) is 0 Å². The molecule has 0 saturated carbocycles. The Morgan fingerprint density at radius 2 is 1.90 bits per heavy atom. The lowest BCUT2D eigenvalue weighted by Gasteiger charge is -2.35. The van der Waals surface area contributed by atoms with Crippen LogP contribution in [0.4, 0.5) is 0 Å². The molecule has 1 aromatic rings. The zero-order chi connectivity index (χ0) is 12.8. The van der Waals surface area contributed by atoms with E-state index in [-0.39, 0.29) is 24.8 Å². The van der Waals surface area contributed by atoms with Crippen LogP contribution >= 0.6 is 24.8 Å². The Morgan fingerprint density at radius 1 is 1.25 bits per heavy atom. The first kappa shape index (κ1) is 19.2. The van der Waals surface area contributed by atoms with E-state index in [9.17, 15) is 5.26 Å². The van der Waals surface area contributed by atoms with Gasteiger partial charge in [0.05, 0.1) is 11.6 Å². The quantitative estimate of drug-likeness (QED) is 0.927. The van der Waals surface area contributed by atoms with Gasteiger partial charge in [-0.25, -0.2) is 0 Å². The number of hydrogen-bond acceptors (Lipinski definition) is 3. The third-order valence-electron chi connectivity index (χ3n) is 3.59. The highest BCUT2D eigenvalue weighted by Gasteiger charge is 2.23. The van der Waals surface area contributed by atoms with Gasteiger partial charge in [0.25, 0.3) is 0 Å². The average Bonchev–Trinajstić information content (AvgIpc) is 2.46. The minimum absolute atomic E-state index is 0. The van der Waals surface area contributed by atoms with Crippen molar-refractivity contribution in [1.29, 1.82) is 5.26 Å². The fourth-order valence-corrected chi connectivity index (χ4v) is 2.69. The van der Waals surface area contributed by atoms with E-state index in [0.29, 0.717) is 6.04 Å². The normalized spacial score (nSPS) is 16.4. The fraction of sp³-hybridized carbons (Fsp3) is 0.533. The number of rotatable bonds is 4. The van der Waals surface area contributed by atoms with Gasteiger partial charge in [-0.15, -0.1) is 24.8 Å². The Balaban J connectivity index is 0.00000180. The van der Waals surface area contributed by atoms with Gasteiger partial charge in [0.1, 0.15) is 0 Å². The molecule has 1 aliphatic rings. The number of nitrogens with zero attached hydrogens (tertiary/aromatic N) is 2. The number of halogens is 2. The summed E-state index contributed by atoms with van der Waals surface area (Å²) in [6, 6.07) is 10.8. The fourth-order valence-electron chi connectivity index (χ4n) is 2.69. The minimum atomic E-state index is 0. The van der Waals surface area contributed by atoms with E-state index in [4.69, 9.17) is 0 Å². The first-order chi connectivity index (χ1) is 8.86. The topological polar surface area (TPSA) is 39.1 Å². The molecule has 0 amide bonds. The van der Waals surface area contributed by atoms with Crippen molar-refractivity contribution in [2.75, 3.05) is 26.2 Å². The Bertz CT molecular complexity index is 425. The minimum Gasteiger partial charge on any atom is -0.314 e. The lowest BCUT2D eigenvalue weighted by atomic mass is 9.95. The molecule has 1 N–H and O–H groups in total. The Labute approximate surface area is 134 Å². The van der Waals surface area contributed by atoms with E-state index in [1.807, 2.05) is 18.2 Å². The molecule has 112 valence electrons. The van der Waals surface area contributed by atoms with Crippen molar-refractivity contribution < 1.29 is 0 Å². The van der Waals surface area contributed by atoms with Crippen LogP contribution in [0.3, 0.4) is 0 Å². The smallest absolute Gasteiger partial charge is 0.0995 e. The van der Waals surface area contributed by atoms with Crippen molar-refractivity contribution in [1.82, 2.24) is 10.2 Å². The first-order valence-corrected chi connectivity index (χ1v) is 6.80. The maximum atomic E-state index is 9.25. The molecule has 1 atom stereocenters. The molecule has 1 heterocycles. The van der Waals surface area contributed by atoms with Crippen LogP contribution in [0.2, 0.25) is 0 Å². The highest BCUT2D eigenvalue weighted by atomic mass is 35.5. The lowest BCUT2D eigenvalue weighted by Crippen LogP contribution is -2.45. The van der Waals surface area contributed by atoms with E-state index in [1.165, 1.54) is 5.56 Å². The van der Waals surface area contributed by atoms with Crippen molar-refractivity contribution >= 4 is 24.8 Å². The van der Waals surface area contributed by atoms with E-state index in [0.717, 1.165) is 44.6 Å². The molecular weight excluding hydrogens is 293 g/mol. The van der Waals surface area contributed by atoms with Gasteiger partial charge in [-0.05, 0) is 18.1 Å². The van der Waals surface area contributed by atoms with Crippen LogP contribution in [0.5, 0.6) is 0 Å². The first-order valence-electron chi connectivity index (χ1n) is 6.80. The van der Waals surface area contributed by atoms with Gasteiger partial charge in [-0.1, -0.05) is 31.5 Å². The van der Waals surface area contributed by atoms with Gasteiger partial charge >= 0.3 is 0 Å². The molecule has 1 fully saturated rings. The molecule has 0 spiro atoms. The van der Waals surface area contributed by atoms with Crippen molar-refractivity contribution in [2.45, 2.75) is 25.8 Å². The summed E-state index contributed by atoms with van der Waals surface area (Å²) in [4.78, 5) is 2.51. The van der Waals surface area contributed by atoms with Crippen molar-refractivity contribution in [3.8, 4) is 6.07 Å². The van der Waals surface area contributed by atoms with Crippen LogP contribution < -0.4 is 5.32 Å². The third kappa shape index (κ3) is 4.64. The molecule has 3 nitrogen and oxygen atoms in total. The van der Waals surface area contributed by atoms with Gasteiger partial charge in [-0.3, -0.25) is 4.90 Å². The number of hydrogen-bond donors (Lipinski definition) is 1. The summed E-state index contributed by atoms with van der Waals surface area (Å²) >= 11 is 0. The molecule has 5 heteroatoms. The van der Waals surface area contributed by atoms with E-state index < -0.39 is 0 Å². The molecule has 1 aromatic carbocycles. The zero-order valence-corrected chi connectivity index (χ0v) is 13.5. The van der Waals surface area contributed by atoms with Gasteiger partial charge in [-0.2, -0.15) is 5.26 Å². The maximum Gasteiger partial charge on any atom is 0.0995 e. The second-order valence-corrected chi connectivity index (χ2v) is 4.79. The second kappa shape index (κ2) is 10.0. The van der Waals surface area contributed by atoms with Gasteiger partial charge in [0, 0.05) is 32.2 Å². The van der Waals surface area contributed by atoms with Crippen molar-refractivity contribution in [2.24, 2.45) is 0 Å². The number of nitrogens with one attached hydrogen (secondary N) is 1. The standard InChI is InChI=1S/C15H21N3.2ClH/c1-2-5-15(18-10-8-17-9-11-18)14-7-4-3-6-13(14)12-16;;/h3-4,6-7,15,17H,2,5,8-11H2,1H3;2*1H/t15-;;/m0../s1. The molecule has 2 rings (SSSR count). The summed E-state index contributed by atoms with van der Waals surface area (Å²) in [6.07, 6.45) is 2.27. The van der Waals surface area contributed by atoms with Gasteiger partial charge in [0.2, 0.25) is 0 Å². The predicted octanol–water partition coefficient (Wildman–Crippen LogP) is 3.15. The largest absolute Gasteiger partial charge is 0.314 e. The molecule has 0 radical (unpaired) electrons. The van der Waals surface area contributed by atoms with Crippen LogP contribution in [-0.4, -0.2) is 31.1 Å². The molecule has 20 heavy (non-hydrogen) atoms. The van der Waals surface area contributed by atoms with Crippen LogP contribution in [-0.2, 0) is 0 Å². The highest BCUT2D eigenvalue weighted by molar-refractivity contribution is 5.85. The molecule has 0 bridgehead atoms. The highest BCUT2D eigenvalue weighted by Crippen LogP contribution is 2.28. The summed E-state index contributed by atoms with van der Waals surface area (Å²) in [6.45, 7) is 6.46. The van der Waals surface area contributed by atoms with Crippen LogP contribution in [0.25, 0.3) is 0 Å². The monoisotopic (exact) mass is 315 g/mol. The SMILES string of the molecule is CCC[C@@H](c1ccccc1C#N)N1CCNCC1.Cl.Cl. The number of nitriles is 1. The number of benzene rings is 1. The van der Waals surface area contributed by atoms with Crippen LogP contribution in [0.1, 0.15) is 36.9 Å².